The number of rotatable bonds is 4. The summed E-state index contributed by atoms with van der Waals surface area (Å²) < 4.78 is 12.1. The van der Waals surface area contributed by atoms with Crippen LogP contribution in [0.15, 0.2) is 36.2 Å². The minimum atomic E-state index is -0.00133. The van der Waals surface area contributed by atoms with Crippen molar-refractivity contribution in [1.29, 1.82) is 0 Å². The van der Waals surface area contributed by atoms with Crippen molar-refractivity contribution in [3.05, 3.63) is 41.7 Å². The van der Waals surface area contributed by atoms with Crippen LogP contribution in [0.3, 0.4) is 0 Å². The van der Waals surface area contributed by atoms with Gasteiger partial charge in [-0.25, -0.2) is 0 Å². The molecule has 0 N–H and O–H groups in total. The summed E-state index contributed by atoms with van der Waals surface area (Å²) in [4.78, 5) is 19.1. The van der Waals surface area contributed by atoms with Crippen LogP contribution in [0.5, 0.6) is 0 Å². The molecule has 1 aromatic heterocycles. The Balaban J connectivity index is 1.40. The number of pyridine rings is 1. The van der Waals surface area contributed by atoms with E-state index in [9.17, 15) is 4.79 Å². The molecule has 3 atom stereocenters. The molecule has 0 unspecified atom stereocenters. The Kier molecular flexibility index (Phi) is 5.13. The van der Waals surface area contributed by atoms with E-state index in [1.807, 2.05) is 18.3 Å². The van der Waals surface area contributed by atoms with Gasteiger partial charge in [0.05, 0.1) is 25.4 Å². The van der Waals surface area contributed by atoms with E-state index in [-0.39, 0.29) is 24.2 Å². The van der Waals surface area contributed by atoms with Crippen molar-refractivity contribution in [2.45, 2.75) is 63.4 Å². The zero-order valence-electron chi connectivity index (χ0n) is 14.6. The van der Waals surface area contributed by atoms with Crippen molar-refractivity contribution < 1.29 is 14.3 Å². The summed E-state index contributed by atoms with van der Waals surface area (Å²) >= 11 is 0. The molecule has 0 aromatic carbocycles. The van der Waals surface area contributed by atoms with Crippen LogP contribution in [0.25, 0.3) is 0 Å². The predicted molar refractivity (Wildman–Crippen MR) is 93.8 cm³/mol. The molecule has 3 aliphatic rings. The van der Waals surface area contributed by atoms with Gasteiger partial charge in [0, 0.05) is 24.5 Å². The molecule has 2 heterocycles. The third-order valence-corrected chi connectivity index (χ3v) is 5.55. The summed E-state index contributed by atoms with van der Waals surface area (Å²) in [5.41, 5.74) is 2.08. The van der Waals surface area contributed by atoms with E-state index in [4.69, 9.17) is 9.47 Å². The summed E-state index contributed by atoms with van der Waals surface area (Å²) in [7, 11) is 0. The van der Waals surface area contributed by atoms with Crippen LogP contribution >= 0.6 is 0 Å². The first kappa shape index (κ1) is 16.7. The van der Waals surface area contributed by atoms with E-state index in [1.54, 1.807) is 6.20 Å². The lowest BCUT2D eigenvalue weighted by Crippen LogP contribution is -2.54. The zero-order chi connectivity index (χ0) is 17.1. The number of ether oxygens (including phenoxy) is 2. The normalized spacial score (nSPS) is 29.2. The lowest BCUT2D eigenvalue weighted by atomic mass is 9.97. The lowest BCUT2D eigenvalue weighted by molar-refractivity contribution is -0.148. The maximum atomic E-state index is 12.9. The minimum absolute atomic E-state index is 0.00133. The van der Waals surface area contributed by atoms with Crippen molar-refractivity contribution >= 4 is 5.91 Å². The molecule has 2 aliphatic carbocycles. The van der Waals surface area contributed by atoms with Crippen molar-refractivity contribution in [3.8, 4) is 0 Å². The first-order valence-electron chi connectivity index (χ1n) is 9.45. The third kappa shape index (κ3) is 3.62. The minimum Gasteiger partial charge on any atom is -0.372 e. The molecule has 2 fully saturated rings. The van der Waals surface area contributed by atoms with Crippen molar-refractivity contribution in [2.24, 2.45) is 0 Å². The predicted octanol–water partition coefficient (Wildman–Crippen LogP) is 2.86. The fourth-order valence-corrected chi connectivity index (χ4v) is 4.25. The van der Waals surface area contributed by atoms with Crippen molar-refractivity contribution in [3.63, 3.8) is 0 Å². The first-order valence-corrected chi connectivity index (χ1v) is 9.45. The Bertz CT molecular complexity index is 631. The molecule has 5 heteroatoms. The molecule has 134 valence electrons. The topological polar surface area (TPSA) is 51.7 Å². The lowest BCUT2D eigenvalue weighted by Gasteiger charge is -2.39. The Morgan fingerprint density at radius 3 is 3.12 bits per heavy atom. The molecular formula is C20H26N2O3. The second-order valence-corrected chi connectivity index (χ2v) is 7.16. The molecule has 1 aromatic rings. The van der Waals surface area contributed by atoms with Gasteiger partial charge in [0.15, 0.2) is 0 Å². The van der Waals surface area contributed by atoms with E-state index in [0.29, 0.717) is 19.8 Å². The number of morpholine rings is 1. The highest BCUT2D eigenvalue weighted by atomic mass is 16.5. The van der Waals surface area contributed by atoms with E-state index in [2.05, 4.69) is 16.0 Å². The van der Waals surface area contributed by atoms with Crippen molar-refractivity contribution in [2.75, 3.05) is 13.2 Å². The molecule has 0 bridgehead atoms. The molecule has 1 aliphatic heterocycles. The van der Waals surface area contributed by atoms with Crippen LogP contribution in [-0.2, 0) is 20.9 Å². The number of carbonyl (C=O) groups excluding carboxylic acids is 1. The van der Waals surface area contributed by atoms with Crippen LogP contribution in [0.2, 0.25) is 0 Å². The molecule has 1 saturated heterocycles. The van der Waals surface area contributed by atoms with Crippen LogP contribution < -0.4 is 0 Å². The number of aromatic nitrogens is 1. The Morgan fingerprint density at radius 1 is 1.36 bits per heavy atom. The number of hydrogen-bond donors (Lipinski definition) is 0. The monoisotopic (exact) mass is 342 g/mol. The fourth-order valence-electron chi connectivity index (χ4n) is 4.25. The Hall–Kier alpha value is -1.72. The molecule has 5 nitrogen and oxygen atoms in total. The standard InChI is InChI=1S/C20H26N2O3/c23-20(16-6-2-1-3-7-16)22-11-12-24-19-17(22)8-9-18(19)25-14-15-5-4-10-21-13-15/h4-6,10,13,17-19H,1-3,7-9,11-12,14H2/t17-,18+,19+/m0/s1. The number of nitrogens with zero attached hydrogens (tertiary/aromatic N) is 2. The van der Waals surface area contributed by atoms with Crippen LogP contribution in [-0.4, -0.2) is 47.2 Å². The summed E-state index contributed by atoms with van der Waals surface area (Å²) in [6, 6.07) is 4.10. The summed E-state index contributed by atoms with van der Waals surface area (Å²) in [6.45, 7) is 1.85. The number of carbonyl (C=O) groups is 1. The molecule has 1 saturated carbocycles. The number of allylic oxidation sites excluding steroid dienone is 1. The molecule has 1 amide bonds. The Labute approximate surface area is 149 Å². The van der Waals surface area contributed by atoms with Gasteiger partial charge >= 0.3 is 0 Å². The van der Waals surface area contributed by atoms with Crippen LogP contribution in [0.1, 0.15) is 44.1 Å². The summed E-state index contributed by atoms with van der Waals surface area (Å²) in [5, 5.41) is 0. The average Bonchev–Trinajstić information content (AvgIpc) is 3.10. The van der Waals surface area contributed by atoms with Gasteiger partial charge in [-0.2, -0.15) is 0 Å². The number of fused-ring (bicyclic) bond motifs is 1. The average molecular weight is 342 g/mol. The SMILES string of the molecule is O=C(C1=CCCCC1)N1CCO[C@H]2[C@H](OCc3cccnc3)CC[C@@H]21. The fraction of sp³-hybridized carbons (Fsp3) is 0.600. The highest BCUT2D eigenvalue weighted by Gasteiger charge is 2.45. The highest BCUT2D eigenvalue weighted by molar-refractivity contribution is 5.93. The molecular weight excluding hydrogens is 316 g/mol. The number of hydrogen-bond acceptors (Lipinski definition) is 4. The summed E-state index contributed by atoms with van der Waals surface area (Å²) in [6.07, 6.45) is 12.0. The zero-order valence-corrected chi connectivity index (χ0v) is 14.6. The van der Waals surface area contributed by atoms with Crippen molar-refractivity contribution in [1.82, 2.24) is 9.88 Å². The van der Waals surface area contributed by atoms with Gasteiger partial charge in [0.2, 0.25) is 5.91 Å². The largest absolute Gasteiger partial charge is 0.372 e. The van der Waals surface area contributed by atoms with E-state index < -0.39 is 0 Å². The molecule has 25 heavy (non-hydrogen) atoms. The van der Waals surface area contributed by atoms with Gasteiger partial charge in [-0.1, -0.05) is 12.1 Å². The van der Waals surface area contributed by atoms with E-state index in [1.165, 1.54) is 6.42 Å². The maximum absolute atomic E-state index is 12.9. The van der Waals surface area contributed by atoms with Gasteiger partial charge in [0.1, 0.15) is 6.10 Å². The second kappa shape index (κ2) is 7.67. The molecule has 0 radical (unpaired) electrons. The first-order chi connectivity index (χ1) is 12.3. The highest BCUT2D eigenvalue weighted by Crippen LogP contribution is 2.34. The van der Waals surface area contributed by atoms with Gasteiger partial charge in [-0.05, 0) is 50.2 Å². The molecule has 0 spiro atoms. The number of amides is 1. The van der Waals surface area contributed by atoms with Gasteiger partial charge < -0.3 is 14.4 Å². The third-order valence-electron chi connectivity index (χ3n) is 5.55. The quantitative estimate of drug-likeness (QED) is 0.844. The smallest absolute Gasteiger partial charge is 0.249 e. The second-order valence-electron chi connectivity index (χ2n) is 7.16. The van der Waals surface area contributed by atoms with Gasteiger partial charge in [0.25, 0.3) is 0 Å². The molecule has 4 rings (SSSR count). The Morgan fingerprint density at radius 2 is 2.32 bits per heavy atom. The maximum Gasteiger partial charge on any atom is 0.249 e. The summed E-state index contributed by atoms with van der Waals surface area (Å²) in [5.74, 6) is 0.228. The van der Waals surface area contributed by atoms with Gasteiger partial charge in [-0.15, -0.1) is 0 Å². The van der Waals surface area contributed by atoms with Gasteiger partial charge in [-0.3, -0.25) is 9.78 Å². The van der Waals surface area contributed by atoms with E-state index >= 15 is 0 Å². The van der Waals surface area contributed by atoms with Crippen LogP contribution in [0.4, 0.5) is 0 Å². The van der Waals surface area contributed by atoms with E-state index in [0.717, 1.165) is 43.2 Å². The van der Waals surface area contributed by atoms with Crippen LogP contribution in [0, 0.1) is 0 Å².